The van der Waals surface area contributed by atoms with Crippen LogP contribution in [0.2, 0.25) is 0 Å². The Bertz CT molecular complexity index is 912. The van der Waals surface area contributed by atoms with Gasteiger partial charge in [-0.25, -0.2) is 34.8 Å². The molecule has 0 radical (unpaired) electrons. The first-order valence-corrected chi connectivity index (χ1v) is 8.41. The summed E-state index contributed by atoms with van der Waals surface area (Å²) in [7, 11) is -5.11. The molecule has 1 aliphatic rings. The van der Waals surface area contributed by atoms with Crippen LogP contribution in [0, 0.1) is 34.9 Å². The van der Waals surface area contributed by atoms with E-state index in [4.69, 9.17) is 0 Å². The van der Waals surface area contributed by atoms with Crippen molar-refractivity contribution in [3.05, 3.63) is 59.2 Å². The molecular formula is C15H9F6NO2S. The van der Waals surface area contributed by atoms with Gasteiger partial charge in [-0.05, 0) is 37.1 Å². The second kappa shape index (κ2) is 5.94. The SMILES string of the molecule is O=S(=O)(c1c(F)c(F)c(F)c(F)c1F)N(c1ccc(F)cc1)C1CC1. The fraction of sp³-hybridized carbons (Fsp3) is 0.200. The molecule has 3 rings (SSSR count). The molecule has 0 aromatic heterocycles. The van der Waals surface area contributed by atoms with Crippen molar-refractivity contribution in [3.8, 4) is 0 Å². The minimum atomic E-state index is -5.11. The summed E-state index contributed by atoms with van der Waals surface area (Å²) in [5.74, 6) is -12.7. The molecule has 10 heteroatoms. The lowest BCUT2D eigenvalue weighted by Gasteiger charge is -2.25. The Labute approximate surface area is 138 Å². The quantitative estimate of drug-likeness (QED) is 0.458. The van der Waals surface area contributed by atoms with Gasteiger partial charge >= 0.3 is 0 Å². The van der Waals surface area contributed by atoms with Gasteiger partial charge in [0.05, 0.1) is 5.69 Å². The molecule has 1 aliphatic carbocycles. The third-order valence-corrected chi connectivity index (χ3v) is 5.55. The van der Waals surface area contributed by atoms with Crippen molar-refractivity contribution in [3.63, 3.8) is 0 Å². The summed E-state index contributed by atoms with van der Waals surface area (Å²) >= 11 is 0. The van der Waals surface area contributed by atoms with Crippen LogP contribution in [0.5, 0.6) is 0 Å². The molecule has 0 unspecified atom stereocenters. The van der Waals surface area contributed by atoms with Crippen LogP contribution in [0.1, 0.15) is 12.8 Å². The fourth-order valence-corrected chi connectivity index (χ4v) is 4.18. The number of sulfonamides is 1. The van der Waals surface area contributed by atoms with Crippen LogP contribution in [0.4, 0.5) is 32.0 Å². The molecule has 0 aliphatic heterocycles. The smallest absolute Gasteiger partial charge is 0.263 e. The number of rotatable bonds is 4. The van der Waals surface area contributed by atoms with Crippen LogP contribution >= 0.6 is 0 Å². The third-order valence-electron chi connectivity index (χ3n) is 3.65. The van der Waals surface area contributed by atoms with Gasteiger partial charge in [0.2, 0.25) is 5.82 Å². The first kappa shape index (κ1) is 17.6. The fourth-order valence-electron chi connectivity index (χ4n) is 2.35. The van der Waals surface area contributed by atoms with E-state index in [0.717, 1.165) is 24.3 Å². The monoisotopic (exact) mass is 381 g/mol. The molecule has 1 fully saturated rings. The van der Waals surface area contributed by atoms with E-state index < -0.39 is 55.9 Å². The molecule has 0 bridgehead atoms. The highest BCUT2D eigenvalue weighted by Gasteiger charge is 2.43. The molecule has 2 aromatic rings. The zero-order valence-electron chi connectivity index (χ0n) is 12.2. The Morgan fingerprint density at radius 3 is 1.64 bits per heavy atom. The average Bonchev–Trinajstić information content (AvgIpc) is 3.37. The Balaban J connectivity index is 2.23. The van der Waals surface area contributed by atoms with Crippen LogP contribution in [0.15, 0.2) is 29.2 Å². The van der Waals surface area contributed by atoms with Crippen molar-refractivity contribution in [2.45, 2.75) is 23.8 Å². The van der Waals surface area contributed by atoms with Crippen LogP contribution in [0.25, 0.3) is 0 Å². The first-order valence-electron chi connectivity index (χ1n) is 6.97. The third kappa shape index (κ3) is 2.84. The number of anilines is 1. The van der Waals surface area contributed by atoms with Gasteiger partial charge in [-0.3, -0.25) is 4.31 Å². The number of hydrogen-bond acceptors (Lipinski definition) is 2. The van der Waals surface area contributed by atoms with Crippen molar-refractivity contribution < 1.29 is 34.8 Å². The molecule has 3 nitrogen and oxygen atoms in total. The van der Waals surface area contributed by atoms with Gasteiger partial charge in [0.1, 0.15) is 5.82 Å². The summed E-state index contributed by atoms with van der Waals surface area (Å²) < 4.78 is 107. The van der Waals surface area contributed by atoms with Gasteiger partial charge in [-0.1, -0.05) is 0 Å². The molecular weight excluding hydrogens is 372 g/mol. The minimum Gasteiger partial charge on any atom is -0.263 e. The molecule has 0 heterocycles. The summed E-state index contributed by atoms with van der Waals surface area (Å²) in [6.07, 6.45) is 0.651. The van der Waals surface area contributed by atoms with Crippen LogP contribution in [0.3, 0.4) is 0 Å². The lowest BCUT2D eigenvalue weighted by molar-refractivity contribution is 0.357. The maximum absolute atomic E-state index is 13.9. The maximum atomic E-state index is 13.9. The summed E-state index contributed by atoms with van der Waals surface area (Å²) in [5.41, 5.74) is -0.146. The van der Waals surface area contributed by atoms with Crippen molar-refractivity contribution in [2.24, 2.45) is 0 Å². The number of benzene rings is 2. The summed E-state index contributed by atoms with van der Waals surface area (Å²) in [6, 6.07) is 3.19. The topological polar surface area (TPSA) is 37.4 Å². The van der Waals surface area contributed by atoms with Gasteiger partial charge in [0.15, 0.2) is 28.2 Å². The number of halogens is 6. The highest BCUT2D eigenvalue weighted by molar-refractivity contribution is 7.92. The number of hydrogen-bond donors (Lipinski definition) is 0. The van der Waals surface area contributed by atoms with Gasteiger partial charge < -0.3 is 0 Å². The van der Waals surface area contributed by atoms with Crippen molar-refractivity contribution >= 4 is 15.7 Å². The molecule has 134 valence electrons. The maximum Gasteiger partial charge on any atom is 0.270 e. The molecule has 0 saturated heterocycles. The zero-order valence-corrected chi connectivity index (χ0v) is 13.1. The summed E-state index contributed by atoms with van der Waals surface area (Å²) in [5, 5.41) is 0. The zero-order chi connectivity index (χ0) is 18.5. The second-order valence-corrected chi connectivity index (χ2v) is 7.16. The van der Waals surface area contributed by atoms with E-state index >= 15 is 0 Å². The Hall–Kier alpha value is -2.23. The first-order chi connectivity index (χ1) is 11.7. The summed E-state index contributed by atoms with van der Waals surface area (Å²) in [6.45, 7) is 0. The average molecular weight is 381 g/mol. The van der Waals surface area contributed by atoms with E-state index in [0.29, 0.717) is 17.1 Å². The molecule has 25 heavy (non-hydrogen) atoms. The van der Waals surface area contributed by atoms with Gasteiger partial charge in [-0.2, -0.15) is 0 Å². The second-order valence-electron chi connectivity index (χ2n) is 5.41. The Morgan fingerprint density at radius 2 is 1.20 bits per heavy atom. The molecule has 2 aromatic carbocycles. The Kier molecular flexibility index (Phi) is 4.18. The van der Waals surface area contributed by atoms with E-state index in [9.17, 15) is 34.8 Å². The van der Waals surface area contributed by atoms with Crippen molar-refractivity contribution in [1.82, 2.24) is 0 Å². The largest absolute Gasteiger partial charge is 0.270 e. The molecule has 0 spiro atoms. The van der Waals surface area contributed by atoms with E-state index in [1.165, 1.54) is 0 Å². The molecule has 0 atom stereocenters. The predicted molar refractivity (Wildman–Crippen MR) is 75.3 cm³/mol. The highest BCUT2D eigenvalue weighted by atomic mass is 32.2. The highest BCUT2D eigenvalue weighted by Crippen LogP contribution is 2.38. The minimum absolute atomic E-state index is 0.146. The van der Waals surface area contributed by atoms with E-state index in [2.05, 4.69) is 0 Å². The lowest BCUT2D eigenvalue weighted by Crippen LogP contribution is -2.35. The van der Waals surface area contributed by atoms with E-state index in [1.54, 1.807) is 0 Å². The standard InChI is InChI=1S/C15H9F6NO2S/c16-7-1-3-8(4-2-7)22(9-5-6-9)25(23,24)15-13(20)11(18)10(17)12(19)14(15)21/h1-4,9H,5-6H2. The van der Waals surface area contributed by atoms with Gasteiger partial charge in [0, 0.05) is 6.04 Å². The van der Waals surface area contributed by atoms with Crippen molar-refractivity contribution in [2.75, 3.05) is 4.31 Å². The van der Waals surface area contributed by atoms with E-state index in [1.807, 2.05) is 0 Å². The van der Waals surface area contributed by atoms with Crippen LogP contribution in [-0.2, 0) is 10.0 Å². The normalized spacial score (nSPS) is 14.6. The van der Waals surface area contributed by atoms with Gasteiger partial charge in [0.25, 0.3) is 10.0 Å². The van der Waals surface area contributed by atoms with Crippen LogP contribution in [-0.4, -0.2) is 14.5 Å². The molecule has 0 N–H and O–H groups in total. The van der Waals surface area contributed by atoms with Gasteiger partial charge in [-0.15, -0.1) is 0 Å². The van der Waals surface area contributed by atoms with E-state index in [-0.39, 0.29) is 5.69 Å². The predicted octanol–water partition coefficient (Wildman–Crippen LogP) is 3.88. The Morgan fingerprint density at radius 1 is 0.760 bits per heavy atom. The lowest BCUT2D eigenvalue weighted by atomic mass is 10.3. The molecule has 1 saturated carbocycles. The summed E-state index contributed by atoms with van der Waals surface area (Å²) in [4.78, 5) is -1.93. The van der Waals surface area contributed by atoms with Crippen molar-refractivity contribution in [1.29, 1.82) is 0 Å². The van der Waals surface area contributed by atoms with Crippen LogP contribution < -0.4 is 4.31 Å². The number of nitrogens with zero attached hydrogens (tertiary/aromatic N) is 1. The molecule has 0 amide bonds.